The van der Waals surface area contributed by atoms with Crippen molar-refractivity contribution in [3.63, 3.8) is 0 Å². The van der Waals surface area contributed by atoms with Crippen LogP contribution in [0.3, 0.4) is 0 Å². The van der Waals surface area contributed by atoms with Crippen molar-refractivity contribution in [1.82, 2.24) is 0 Å². The minimum Gasteiger partial charge on any atom is -0.393 e. The third-order valence-electron chi connectivity index (χ3n) is 4.73. The van der Waals surface area contributed by atoms with Gasteiger partial charge >= 0.3 is 0 Å². The van der Waals surface area contributed by atoms with Crippen LogP contribution in [0, 0.1) is 17.2 Å². The number of nitrogens with two attached hydrogens (primary N) is 1. The molecule has 0 spiro atoms. The first-order valence-electron chi connectivity index (χ1n) is 7.65. The number of fused-ring (bicyclic) bond motifs is 1. The molecule has 1 aliphatic heterocycles. The number of thioether (sulfide) groups is 1. The van der Waals surface area contributed by atoms with E-state index in [9.17, 15) is 5.11 Å². The van der Waals surface area contributed by atoms with Gasteiger partial charge in [0.05, 0.1) is 11.7 Å². The third kappa shape index (κ3) is 2.64. The van der Waals surface area contributed by atoms with E-state index < -0.39 is 0 Å². The second-order valence-electron chi connectivity index (χ2n) is 5.97. The fraction of sp³-hybridized carbons (Fsp3) is 0.562. The number of nitrogens with one attached hydrogen (secondary N) is 1. The highest BCUT2D eigenvalue weighted by Crippen LogP contribution is 2.41. The van der Waals surface area contributed by atoms with Crippen molar-refractivity contribution in [2.24, 2.45) is 17.6 Å². The van der Waals surface area contributed by atoms with Gasteiger partial charge in [0, 0.05) is 29.6 Å². The van der Waals surface area contributed by atoms with Crippen LogP contribution in [0.1, 0.15) is 25.3 Å². The molecule has 21 heavy (non-hydrogen) atoms. The first-order valence-corrected chi connectivity index (χ1v) is 8.63. The summed E-state index contributed by atoms with van der Waals surface area (Å²) in [6, 6.07) is 6.15. The first kappa shape index (κ1) is 14.7. The highest BCUT2D eigenvalue weighted by atomic mass is 32.2. The topological polar surface area (TPSA) is 73.3 Å². The highest BCUT2D eigenvalue weighted by Gasteiger charge is 2.42. The maximum Gasteiger partial charge on any atom is 0.126 e. The van der Waals surface area contributed by atoms with E-state index in [0.29, 0.717) is 11.8 Å². The third-order valence-corrected chi connectivity index (χ3v) is 5.67. The average molecular weight is 305 g/mol. The van der Waals surface area contributed by atoms with Gasteiger partial charge in [-0.2, -0.15) is 0 Å². The van der Waals surface area contributed by atoms with Crippen LogP contribution in [0.4, 0.5) is 5.69 Å². The van der Waals surface area contributed by atoms with E-state index in [1.54, 1.807) is 11.8 Å². The molecule has 0 radical (unpaired) electrons. The van der Waals surface area contributed by atoms with Crippen molar-refractivity contribution < 1.29 is 5.11 Å². The molecule has 1 aromatic rings. The van der Waals surface area contributed by atoms with Crippen LogP contribution in [0.2, 0.25) is 0 Å². The normalized spacial score (nSPS) is 27.9. The molecule has 4 nitrogen and oxygen atoms in total. The van der Waals surface area contributed by atoms with Gasteiger partial charge in [-0.25, -0.2) is 0 Å². The van der Waals surface area contributed by atoms with Crippen LogP contribution in [0.15, 0.2) is 23.1 Å². The van der Waals surface area contributed by atoms with E-state index in [4.69, 9.17) is 11.1 Å². The van der Waals surface area contributed by atoms with Crippen molar-refractivity contribution >= 4 is 23.3 Å². The number of benzene rings is 1. The largest absolute Gasteiger partial charge is 0.393 e. The predicted molar refractivity (Wildman–Crippen MR) is 88.3 cm³/mol. The lowest BCUT2D eigenvalue weighted by Gasteiger charge is -2.24. The number of nitrogen functional groups attached to an aromatic ring is 1. The van der Waals surface area contributed by atoms with E-state index in [-0.39, 0.29) is 11.9 Å². The summed E-state index contributed by atoms with van der Waals surface area (Å²) in [7, 11) is 0. The summed E-state index contributed by atoms with van der Waals surface area (Å²) in [5, 5.41) is 18.0. The van der Waals surface area contributed by atoms with Crippen LogP contribution < -0.4 is 10.6 Å². The maximum atomic E-state index is 10.1. The molecule has 4 N–H and O–H groups in total. The number of rotatable bonds is 4. The van der Waals surface area contributed by atoms with Gasteiger partial charge in [0.2, 0.25) is 0 Å². The summed E-state index contributed by atoms with van der Waals surface area (Å²) in [6.07, 6.45) is 1.89. The van der Waals surface area contributed by atoms with Gasteiger partial charge in [-0.1, -0.05) is 13.0 Å². The Hall–Kier alpha value is -1.20. The zero-order chi connectivity index (χ0) is 15.0. The quantitative estimate of drug-likeness (QED) is 0.453. The first-order chi connectivity index (χ1) is 10.1. The van der Waals surface area contributed by atoms with Gasteiger partial charge in [-0.05, 0) is 36.6 Å². The van der Waals surface area contributed by atoms with Crippen LogP contribution >= 0.6 is 11.8 Å². The average Bonchev–Trinajstić information content (AvgIpc) is 3.01. The summed E-state index contributed by atoms with van der Waals surface area (Å²) >= 11 is 1.73. The molecule has 3 unspecified atom stereocenters. The van der Waals surface area contributed by atoms with Gasteiger partial charge < -0.3 is 15.7 Å². The number of nitrogens with zero attached hydrogens (tertiary/aromatic N) is 1. The fourth-order valence-electron chi connectivity index (χ4n) is 3.76. The minimum atomic E-state index is -0.158. The Bertz CT molecular complexity index is 548. The molecule has 0 bridgehead atoms. The van der Waals surface area contributed by atoms with Crippen LogP contribution in [-0.2, 0) is 0 Å². The number of aliphatic hydroxyl groups excluding tert-OH is 1. The monoisotopic (exact) mass is 305 g/mol. The maximum absolute atomic E-state index is 10.1. The van der Waals surface area contributed by atoms with E-state index >= 15 is 0 Å². The lowest BCUT2D eigenvalue weighted by atomic mass is 10.00. The van der Waals surface area contributed by atoms with Crippen LogP contribution in [-0.4, -0.2) is 35.9 Å². The van der Waals surface area contributed by atoms with E-state index in [2.05, 4.69) is 17.9 Å². The van der Waals surface area contributed by atoms with Crippen LogP contribution in [0.25, 0.3) is 0 Å². The lowest BCUT2D eigenvalue weighted by Crippen LogP contribution is -2.27. The molecule has 2 fully saturated rings. The van der Waals surface area contributed by atoms with Crippen molar-refractivity contribution in [1.29, 1.82) is 5.41 Å². The molecule has 5 heteroatoms. The molecule has 3 atom stereocenters. The summed E-state index contributed by atoms with van der Waals surface area (Å²) in [5.41, 5.74) is 7.77. The van der Waals surface area contributed by atoms with Crippen molar-refractivity contribution in [3.05, 3.63) is 23.8 Å². The molecular formula is C16H23N3OS. The second kappa shape index (κ2) is 5.89. The summed E-state index contributed by atoms with van der Waals surface area (Å²) in [5.74, 6) is 2.07. The molecule has 0 amide bonds. The molecule has 2 aliphatic rings. The number of hydrogen-bond donors (Lipinski definition) is 3. The molecule has 1 saturated heterocycles. The molecular weight excluding hydrogens is 282 g/mol. The predicted octanol–water partition coefficient (Wildman–Crippen LogP) is 2.29. The smallest absolute Gasteiger partial charge is 0.126 e. The van der Waals surface area contributed by atoms with Crippen molar-refractivity contribution in [2.45, 2.75) is 30.8 Å². The van der Waals surface area contributed by atoms with Gasteiger partial charge in [-0.15, -0.1) is 11.8 Å². The van der Waals surface area contributed by atoms with Gasteiger partial charge in [0.1, 0.15) is 5.84 Å². The number of aliphatic hydroxyl groups is 1. The zero-order valence-corrected chi connectivity index (χ0v) is 13.2. The molecule has 1 saturated carbocycles. The molecule has 1 heterocycles. The Balaban J connectivity index is 1.92. The Kier molecular flexibility index (Phi) is 4.13. The van der Waals surface area contributed by atoms with Gasteiger partial charge in [-0.3, -0.25) is 5.41 Å². The van der Waals surface area contributed by atoms with Crippen molar-refractivity contribution in [3.8, 4) is 0 Å². The molecule has 3 rings (SSSR count). The zero-order valence-electron chi connectivity index (χ0n) is 12.4. The lowest BCUT2D eigenvalue weighted by molar-refractivity contribution is 0.133. The second-order valence-corrected chi connectivity index (χ2v) is 7.28. The van der Waals surface area contributed by atoms with Crippen molar-refractivity contribution in [2.75, 3.05) is 23.7 Å². The Morgan fingerprint density at radius 2 is 2.24 bits per heavy atom. The molecule has 114 valence electrons. The molecule has 1 aromatic carbocycles. The summed E-state index contributed by atoms with van der Waals surface area (Å²) in [6.45, 7) is 3.96. The Labute approximate surface area is 130 Å². The Morgan fingerprint density at radius 1 is 1.43 bits per heavy atom. The van der Waals surface area contributed by atoms with E-state index in [1.165, 1.54) is 0 Å². The number of anilines is 1. The van der Waals surface area contributed by atoms with Gasteiger partial charge in [0.25, 0.3) is 0 Å². The van der Waals surface area contributed by atoms with E-state index in [1.807, 2.05) is 12.1 Å². The summed E-state index contributed by atoms with van der Waals surface area (Å²) in [4.78, 5) is 3.40. The molecule has 1 aliphatic carbocycles. The Morgan fingerprint density at radius 3 is 2.90 bits per heavy atom. The molecule has 0 aromatic heterocycles. The summed E-state index contributed by atoms with van der Waals surface area (Å²) < 4.78 is 0. The standard InChI is InChI=1S/C16H23N3OS/c1-2-21-14-5-3-4-12(15(14)16(17)18)19-8-10-6-7-13(20)11(10)9-19/h3-5,10-11,13,20H,2,6-9H2,1H3,(H3,17,18). The van der Waals surface area contributed by atoms with Gasteiger partial charge in [0.15, 0.2) is 0 Å². The SMILES string of the molecule is CCSc1cccc(N2CC3CCC(O)C3C2)c1C(=N)N. The minimum absolute atomic E-state index is 0.138. The highest BCUT2D eigenvalue weighted by molar-refractivity contribution is 7.99. The van der Waals surface area contributed by atoms with Crippen LogP contribution in [0.5, 0.6) is 0 Å². The fourth-order valence-corrected chi connectivity index (χ4v) is 4.61. The number of amidine groups is 1. The number of hydrogen-bond acceptors (Lipinski definition) is 4. The van der Waals surface area contributed by atoms with E-state index in [0.717, 1.165) is 47.8 Å².